The molecule has 3 atom stereocenters. The first kappa shape index (κ1) is 60.1. The Morgan fingerprint density at radius 1 is 0.587 bits per heavy atom. The van der Waals surface area contributed by atoms with Gasteiger partial charge in [0.15, 0.2) is 11.6 Å². The molecular formula is C73H83ClN14O4. The predicted octanol–water partition coefficient (Wildman–Crippen LogP) is 13.2. The molecule has 18 nitrogen and oxygen atoms in total. The van der Waals surface area contributed by atoms with Gasteiger partial charge in [-0.25, -0.2) is 19.9 Å². The van der Waals surface area contributed by atoms with Gasteiger partial charge in [0.25, 0.3) is 11.8 Å². The summed E-state index contributed by atoms with van der Waals surface area (Å²) in [5.74, 6) is 1.49. The summed E-state index contributed by atoms with van der Waals surface area (Å²) in [6, 6.07) is 29.8. The Labute approximate surface area is 542 Å². The number of pyridine rings is 2. The Bertz CT molecular complexity index is 4320. The molecule has 92 heavy (non-hydrogen) atoms. The Morgan fingerprint density at radius 3 is 1.74 bits per heavy atom. The third-order valence-corrected chi connectivity index (χ3v) is 22.2. The number of halogens is 1. The van der Waals surface area contributed by atoms with E-state index < -0.39 is 10.8 Å². The van der Waals surface area contributed by atoms with E-state index in [1.165, 1.54) is 25.7 Å². The van der Waals surface area contributed by atoms with Gasteiger partial charge in [0.1, 0.15) is 11.0 Å². The maximum atomic E-state index is 14.8. The molecule has 4 aromatic carbocycles. The summed E-state index contributed by atoms with van der Waals surface area (Å²) in [5, 5.41) is 13.1. The van der Waals surface area contributed by atoms with Gasteiger partial charge in [0.2, 0.25) is 11.8 Å². The number of piperidine rings is 2. The molecule has 0 radical (unpaired) electrons. The summed E-state index contributed by atoms with van der Waals surface area (Å²) in [7, 11) is 3.24. The number of carbonyl (C=O) groups excluding carboxylic acids is 4. The van der Waals surface area contributed by atoms with Crippen molar-refractivity contribution in [2.75, 3.05) is 54.2 Å². The van der Waals surface area contributed by atoms with E-state index in [1.54, 1.807) is 26.2 Å². The van der Waals surface area contributed by atoms with Crippen LogP contribution in [0, 0.1) is 12.8 Å². The number of hydrogen-bond acceptors (Lipinski definition) is 12. The lowest BCUT2D eigenvalue weighted by atomic mass is 9.81. The number of imidazole rings is 2. The summed E-state index contributed by atoms with van der Waals surface area (Å²) in [5.41, 5.74) is 12.5. The molecule has 5 fully saturated rings. The standard InChI is InChI=1S/C73H83ClN14O4/c1-40(2)85-38-77-58-36-56(81-66(64(58)85)79-44-19-16-41(3)50(29-44)68(89)75-8)42-17-22-54-63(28-42)88(71(92)73(54,6)7)49-33-47(34-49)84-26-14-11-15-60(84)52-35-61(52)86-39-78-59-37-57(82-67(65(59)86)80-45-20-23-55(74)51(30-45)69(90)76-9)43-18-21-53-62(27-43)87(70(91)72(53,4)5)48-31-46(32-48)83-24-12-10-13-25-83/h16-23,27-30,36-40,46-49,52,60-61H,10-15,24-26,31-35H2,1-9H3,(H,75,89)(H,76,90)(H,79,81)(H,80,82). The first-order chi connectivity index (χ1) is 44.3. The van der Waals surface area contributed by atoms with Crippen molar-refractivity contribution in [1.82, 2.24) is 49.5 Å². The zero-order valence-corrected chi connectivity index (χ0v) is 55.0. The number of likely N-dealkylation sites (tertiary alicyclic amines) is 2. The maximum absolute atomic E-state index is 14.8. The number of fused-ring (bicyclic) bond motifs is 4. The molecular weight excluding hydrogens is 1170 g/mol. The van der Waals surface area contributed by atoms with Gasteiger partial charge in [0, 0.05) is 95.8 Å². The van der Waals surface area contributed by atoms with Gasteiger partial charge in [-0.3, -0.25) is 24.1 Å². The van der Waals surface area contributed by atoms with E-state index in [0.29, 0.717) is 57.5 Å². The minimum Gasteiger partial charge on any atom is -0.355 e. The van der Waals surface area contributed by atoms with Crippen LogP contribution in [0.4, 0.5) is 34.4 Å². The molecule has 0 spiro atoms. The van der Waals surface area contributed by atoms with Gasteiger partial charge < -0.3 is 45.1 Å². The van der Waals surface area contributed by atoms with E-state index in [9.17, 15) is 19.2 Å². The first-order valence-electron chi connectivity index (χ1n) is 33.4. The third-order valence-electron chi connectivity index (χ3n) is 21.8. The fourth-order valence-electron chi connectivity index (χ4n) is 16.3. The summed E-state index contributed by atoms with van der Waals surface area (Å²) < 4.78 is 4.44. The highest BCUT2D eigenvalue weighted by Crippen LogP contribution is 2.55. The van der Waals surface area contributed by atoms with E-state index in [4.69, 9.17) is 31.5 Å². The third kappa shape index (κ3) is 10.0. The van der Waals surface area contributed by atoms with Crippen LogP contribution in [0.2, 0.25) is 5.02 Å². The van der Waals surface area contributed by atoms with Crippen LogP contribution < -0.4 is 31.1 Å². The lowest BCUT2D eigenvalue weighted by Gasteiger charge is -2.51. The molecule has 0 bridgehead atoms. The van der Waals surface area contributed by atoms with Crippen molar-refractivity contribution in [3.8, 4) is 22.5 Å². The van der Waals surface area contributed by atoms with E-state index in [-0.39, 0.29) is 47.8 Å². The van der Waals surface area contributed by atoms with Crippen LogP contribution in [-0.2, 0) is 20.4 Å². The SMILES string of the molecule is CNC(=O)c1cc(Nc2nc(-c3ccc4c(c3)N(C3CC(N5CCCCC5C5CC5n5cnc6cc(-c7ccc8c(c7)N(C7CC(N9CCCCC9)C7)C(=O)C8(C)C)nc(Nc7ccc(Cl)c(C(=O)NC)c7)c65)C3)C(=O)C4(C)C)cc3ncn(C(C)C)c23)ccc1C. The molecule has 8 aromatic rings. The van der Waals surface area contributed by atoms with Gasteiger partial charge in [-0.2, -0.15) is 0 Å². The number of anilines is 6. The Kier molecular flexibility index (Phi) is 14.9. The number of hydrogen-bond donors (Lipinski definition) is 4. The Morgan fingerprint density at radius 2 is 1.13 bits per heavy atom. The van der Waals surface area contributed by atoms with Crippen molar-refractivity contribution in [3.63, 3.8) is 0 Å². The lowest BCUT2D eigenvalue weighted by molar-refractivity contribution is -0.124. The number of aryl methyl sites for hydroxylation is 1. The number of amides is 4. The predicted molar refractivity (Wildman–Crippen MR) is 364 cm³/mol. The minimum atomic E-state index is -0.703. The smallest absolute Gasteiger partial charge is 0.252 e. The summed E-state index contributed by atoms with van der Waals surface area (Å²) in [6.45, 7) is 17.7. The van der Waals surface area contributed by atoms with Crippen molar-refractivity contribution in [2.45, 2.75) is 172 Å². The topological polar surface area (TPSA) is 191 Å². The molecule has 4 aliphatic heterocycles. The number of rotatable bonds is 15. The van der Waals surface area contributed by atoms with Crippen LogP contribution in [-0.4, -0.2) is 126 Å². The fourth-order valence-corrected chi connectivity index (χ4v) is 16.5. The molecule has 4 N–H and O–H groups in total. The number of nitrogens with zero attached hydrogens (tertiary/aromatic N) is 10. The van der Waals surface area contributed by atoms with Gasteiger partial charge in [-0.05, 0) is 203 Å². The number of carbonyl (C=O) groups is 4. The second kappa shape index (κ2) is 22.8. The van der Waals surface area contributed by atoms with Crippen molar-refractivity contribution in [3.05, 3.63) is 130 Å². The highest BCUT2D eigenvalue weighted by molar-refractivity contribution is 6.34. The number of nitrogens with one attached hydrogen (secondary N) is 4. The second-order valence-corrected chi connectivity index (χ2v) is 28.9. The van der Waals surface area contributed by atoms with Crippen molar-refractivity contribution >= 4 is 91.7 Å². The van der Waals surface area contributed by atoms with Crippen LogP contribution in [0.15, 0.2) is 97.6 Å². The maximum Gasteiger partial charge on any atom is 0.252 e. The van der Waals surface area contributed by atoms with Crippen molar-refractivity contribution in [2.24, 2.45) is 5.92 Å². The minimum absolute atomic E-state index is 0.0466. The van der Waals surface area contributed by atoms with Gasteiger partial charge >= 0.3 is 0 Å². The highest BCUT2D eigenvalue weighted by atomic mass is 35.5. The van der Waals surface area contributed by atoms with Gasteiger partial charge in [-0.15, -0.1) is 0 Å². The van der Waals surface area contributed by atoms with Gasteiger partial charge in [0.05, 0.1) is 56.5 Å². The second-order valence-electron chi connectivity index (χ2n) is 28.5. The first-order valence-corrected chi connectivity index (χ1v) is 33.8. The Balaban J connectivity index is 0.703. The van der Waals surface area contributed by atoms with Gasteiger partial charge in [-0.1, -0.05) is 54.8 Å². The molecule has 3 saturated carbocycles. The molecule has 3 unspecified atom stereocenters. The normalized spacial score (nSPS) is 24.2. The van der Waals surface area contributed by atoms with E-state index in [2.05, 4.69) is 134 Å². The molecule has 476 valence electrons. The summed E-state index contributed by atoms with van der Waals surface area (Å²) in [4.78, 5) is 85.6. The molecule has 15 rings (SSSR count). The molecule has 4 amide bonds. The van der Waals surface area contributed by atoms with Crippen LogP contribution >= 0.6 is 11.6 Å². The summed E-state index contributed by atoms with van der Waals surface area (Å²) in [6.07, 6.45) is 15.8. The monoisotopic (exact) mass is 1250 g/mol. The van der Waals surface area contributed by atoms with E-state index in [1.807, 2.05) is 49.9 Å². The number of aromatic nitrogens is 6. The molecule has 7 aliphatic rings. The van der Waals surface area contributed by atoms with Crippen LogP contribution in [0.25, 0.3) is 44.6 Å². The quantitative estimate of drug-likeness (QED) is 0.0761. The fraction of sp³-hybridized carbons (Fsp3) is 0.452. The van der Waals surface area contributed by atoms with Crippen LogP contribution in [0.3, 0.4) is 0 Å². The van der Waals surface area contributed by atoms with Crippen molar-refractivity contribution in [1.29, 1.82) is 0 Å². The summed E-state index contributed by atoms with van der Waals surface area (Å²) >= 11 is 6.62. The molecule has 8 heterocycles. The molecule has 4 aromatic heterocycles. The van der Waals surface area contributed by atoms with Crippen LogP contribution in [0.5, 0.6) is 0 Å². The van der Waals surface area contributed by atoms with E-state index >= 15 is 0 Å². The zero-order chi connectivity index (χ0) is 63.8. The lowest BCUT2D eigenvalue weighted by Crippen LogP contribution is -2.59. The largest absolute Gasteiger partial charge is 0.355 e. The highest BCUT2D eigenvalue weighted by Gasteiger charge is 2.55. The molecule has 2 saturated heterocycles. The average molecular weight is 1260 g/mol. The molecule has 19 heteroatoms. The van der Waals surface area contributed by atoms with E-state index in [0.717, 1.165) is 143 Å². The zero-order valence-electron chi connectivity index (χ0n) is 54.2. The van der Waals surface area contributed by atoms with Crippen molar-refractivity contribution < 1.29 is 19.2 Å². The molecule has 3 aliphatic carbocycles. The number of benzene rings is 4. The Hall–Kier alpha value is -8.19. The average Bonchev–Trinajstić information content (AvgIpc) is 1.89. The van der Waals surface area contributed by atoms with Crippen LogP contribution in [0.1, 0.15) is 162 Å².